The number of ether oxygens (including phenoxy) is 3. The van der Waals surface area contributed by atoms with Crippen molar-refractivity contribution in [1.29, 1.82) is 0 Å². The van der Waals surface area contributed by atoms with E-state index in [1.165, 1.54) is 31.2 Å². The summed E-state index contributed by atoms with van der Waals surface area (Å²) in [6.45, 7) is 1.81. The predicted octanol–water partition coefficient (Wildman–Crippen LogP) is 2.71. The fourth-order valence-electron chi connectivity index (χ4n) is 2.57. The Bertz CT molecular complexity index is 891. The summed E-state index contributed by atoms with van der Waals surface area (Å²) < 4.78 is 15.7. The average Bonchev–Trinajstić information content (AvgIpc) is 2.64. The molecule has 0 bridgehead atoms. The third kappa shape index (κ3) is 3.49. The molecule has 8 heteroatoms. The molecule has 3 rings (SSSR count). The van der Waals surface area contributed by atoms with Gasteiger partial charge < -0.3 is 14.2 Å². The van der Waals surface area contributed by atoms with Crippen LogP contribution in [0.5, 0.6) is 11.5 Å². The molecule has 0 atom stereocenters. The fourth-order valence-corrected chi connectivity index (χ4v) is 2.57. The second-order valence-corrected chi connectivity index (χ2v) is 5.59. The number of ketones is 1. The summed E-state index contributed by atoms with van der Waals surface area (Å²) in [5.74, 6) is -0.389. The van der Waals surface area contributed by atoms with Crippen LogP contribution >= 0.6 is 0 Å². The quantitative estimate of drug-likeness (QED) is 0.350. The molecule has 0 amide bonds. The molecule has 1 heterocycles. The minimum atomic E-state index is -0.925. The van der Waals surface area contributed by atoms with Crippen molar-refractivity contribution in [2.45, 2.75) is 6.92 Å². The minimum Gasteiger partial charge on any atom is -0.486 e. The standard InChI is InChI=1S/C18H15NO7/c1-11-3-2-4-13(17(11)19(22)23)18(21)26-10-14(20)12-5-6-15-16(9-12)25-8-7-24-15/h2-6,9H,7-8,10H2,1H3. The number of hydrogen-bond donors (Lipinski definition) is 0. The van der Waals surface area contributed by atoms with E-state index in [9.17, 15) is 19.7 Å². The lowest BCUT2D eigenvalue weighted by atomic mass is 10.1. The molecule has 1 aliphatic rings. The summed E-state index contributed by atoms with van der Waals surface area (Å²) in [6, 6.07) is 8.99. The van der Waals surface area contributed by atoms with Crippen molar-refractivity contribution in [3.05, 3.63) is 63.2 Å². The Hall–Kier alpha value is -3.42. The number of Topliss-reactive ketones (excluding diaryl/α,β-unsaturated/α-hetero) is 1. The molecule has 1 aliphatic heterocycles. The number of aryl methyl sites for hydroxylation is 1. The molecule has 134 valence electrons. The first kappa shape index (κ1) is 17.4. The van der Waals surface area contributed by atoms with Gasteiger partial charge in [0.2, 0.25) is 0 Å². The van der Waals surface area contributed by atoms with Gasteiger partial charge in [0.15, 0.2) is 23.9 Å². The van der Waals surface area contributed by atoms with Gasteiger partial charge in [0.25, 0.3) is 5.69 Å². The van der Waals surface area contributed by atoms with Crippen LogP contribution < -0.4 is 9.47 Å². The first-order valence-electron chi connectivity index (χ1n) is 7.81. The highest BCUT2D eigenvalue weighted by Crippen LogP contribution is 2.31. The molecule has 0 saturated carbocycles. The summed E-state index contributed by atoms with van der Waals surface area (Å²) in [4.78, 5) is 34.9. The molecule has 0 radical (unpaired) electrons. The topological polar surface area (TPSA) is 105 Å². The zero-order chi connectivity index (χ0) is 18.7. The van der Waals surface area contributed by atoms with Gasteiger partial charge in [-0.25, -0.2) is 4.79 Å². The molecule has 0 N–H and O–H groups in total. The van der Waals surface area contributed by atoms with Gasteiger partial charge in [0.1, 0.15) is 18.8 Å². The summed E-state index contributed by atoms with van der Waals surface area (Å²) in [5.41, 5.74) is 0.109. The number of rotatable bonds is 5. The van der Waals surface area contributed by atoms with Gasteiger partial charge in [-0.3, -0.25) is 14.9 Å². The van der Waals surface area contributed by atoms with E-state index in [0.717, 1.165) is 0 Å². The van der Waals surface area contributed by atoms with E-state index >= 15 is 0 Å². The lowest BCUT2D eigenvalue weighted by Gasteiger charge is -2.18. The van der Waals surface area contributed by atoms with Gasteiger partial charge in [-0.1, -0.05) is 12.1 Å². The van der Waals surface area contributed by atoms with Crippen LogP contribution in [0.3, 0.4) is 0 Å². The van der Waals surface area contributed by atoms with Crippen LogP contribution in [-0.4, -0.2) is 36.5 Å². The fraction of sp³-hybridized carbons (Fsp3) is 0.222. The summed E-state index contributed by atoms with van der Waals surface area (Å²) in [7, 11) is 0. The second kappa shape index (κ2) is 7.22. The summed E-state index contributed by atoms with van der Waals surface area (Å²) in [5, 5.41) is 11.1. The maximum atomic E-state index is 12.2. The van der Waals surface area contributed by atoms with Crippen molar-refractivity contribution in [3.8, 4) is 11.5 Å². The molecule has 8 nitrogen and oxygen atoms in total. The van der Waals surface area contributed by atoms with E-state index in [1.807, 2.05) is 0 Å². The summed E-state index contributed by atoms with van der Waals surface area (Å²) in [6.07, 6.45) is 0. The Kier molecular flexibility index (Phi) is 4.83. The van der Waals surface area contributed by atoms with Crippen LogP contribution in [0.25, 0.3) is 0 Å². The van der Waals surface area contributed by atoms with Gasteiger partial charge in [-0.05, 0) is 31.2 Å². The van der Waals surface area contributed by atoms with Crippen LogP contribution in [-0.2, 0) is 4.74 Å². The average molecular weight is 357 g/mol. The molecule has 0 unspecified atom stereocenters. The highest BCUT2D eigenvalue weighted by atomic mass is 16.6. The zero-order valence-electron chi connectivity index (χ0n) is 13.9. The van der Waals surface area contributed by atoms with E-state index in [4.69, 9.17) is 14.2 Å². The Morgan fingerprint density at radius 1 is 1.15 bits per heavy atom. The molecule has 0 aliphatic carbocycles. The van der Waals surface area contributed by atoms with Crippen molar-refractivity contribution in [3.63, 3.8) is 0 Å². The first-order valence-corrected chi connectivity index (χ1v) is 7.81. The van der Waals surface area contributed by atoms with Crippen LogP contribution in [0, 0.1) is 17.0 Å². The molecule has 26 heavy (non-hydrogen) atoms. The number of benzene rings is 2. The molecule has 2 aromatic carbocycles. The van der Waals surface area contributed by atoms with Crippen molar-refractivity contribution >= 4 is 17.4 Å². The highest BCUT2D eigenvalue weighted by molar-refractivity contribution is 6.00. The number of carbonyl (C=O) groups is 2. The van der Waals surface area contributed by atoms with Crippen molar-refractivity contribution < 1.29 is 28.7 Å². The number of esters is 1. The number of carbonyl (C=O) groups excluding carboxylic acids is 2. The molecule has 2 aromatic rings. The first-order chi connectivity index (χ1) is 12.5. The Labute approximate surface area is 148 Å². The SMILES string of the molecule is Cc1cccc(C(=O)OCC(=O)c2ccc3c(c2)OCCO3)c1[N+](=O)[O-]. The molecule has 0 aromatic heterocycles. The Morgan fingerprint density at radius 2 is 1.88 bits per heavy atom. The van der Waals surface area contributed by atoms with E-state index in [2.05, 4.69) is 0 Å². The smallest absolute Gasteiger partial charge is 0.345 e. The van der Waals surface area contributed by atoms with E-state index in [1.54, 1.807) is 12.1 Å². The number of nitro groups is 1. The van der Waals surface area contributed by atoms with Crippen molar-refractivity contribution in [2.75, 3.05) is 19.8 Å². The largest absolute Gasteiger partial charge is 0.486 e. The third-order valence-corrected chi connectivity index (χ3v) is 3.84. The zero-order valence-corrected chi connectivity index (χ0v) is 13.9. The number of para-hydroxylation sites is 1. The number of nitrogens with zero attached hydrogens (tertiary/aromatic N) is 1. The number of fused-ring (bicyclic) bond motifs is 1. The lowest BCUT2D eigenvalue weighted by molar-refractivity contribution is -0.385. The monoisotopic (exact) mass is 357 g/mol. The van der Waals surface area contributed by atoms with E-state index in [0.29, 0.717) is 35.8 Å². The van der Waals surface area contributed by atoms with Crippen molar-refractivity contribution in [2.24, 2.45) is 0 Å². The summed E-state index contributed by atoms with van der Waals surface area (Å²) >= 11 is 0. The molecular formula is C18H15NO7. The maximum absolute atomic E-state index is 12.2. The van der Waals surface area contributed by atoms with E-state index < -0.39 is 23.3 Å². The maximum Gasteiger partial charge on any atom is 0.345 e. The highest BCUT2D eigenvalue weighted by Gasteiger charge is 2.24. The normalized spacial score (nSPS) is 12.3. The van der Waals surface area contributed by atoms with E-state index in [-0.39, 0.29) is 11.3 Å². The van der Waals surface area contributed by atoms with Crippen LogP contribution in [0.2, 0.25) is 0 Å². The van der Waals surface area contributed by atoms with Crippen LogP contribution in [0.15, 0.2) is 36.4 Å². The van der Waals surface area contributed by atoms with Gasteiger partial charge in [-0.2, -0.15) is 0 Å². The second-order valence-electron chi connectivity index (χ2n) is 5.59. The molecule has 0 saturated heterocycles. The van der Waals surface area contributed by atoms with Gasteiger partial charge in [0, 0.05) is 11.1 Å². The van der Waals surface area contributed by atoms with Crippen LogP contribution in [0.1, 0.15) is 26.3 Å². The lowest BCUT2D eigenvalue weighted by Crippen LogP contribution is -2.18. The minimum absolute atomic E-state index is 0.190. The molecular weight excluding hydrogens is 342 g/mol. The third-order valence-electron chi connectivity index (χ3n) is 3.84. The predicted molar refractivity (Wildman–Crippen MR) is 89.9 cm³/mol. The number of nitro benzene ring substituents is 1. The Balaban J connectivity index is 1.71. The van der Waals surface area contributed by atoms with Gasteiger partial charge in [-0.15, -0.1) is 0 Å². The molecule has 0 fully saturated rings. The van der Waals surface area contributed by atoms with Crippen LogP contribution in [0.4, 0.5) is 5.69 Å². The van der Waals surface area contributed by atoms with Crippen molar-refractivity contribution in [1.82, 2.24) is 0 Å². The number of hydrogen-bond acceptors (Lipinski definition) is 7. The molecule has 0 spiro atoms. The van der Waals surface area contributed by atoms with Gasteiger partial charge in [0.05, 0.1) is 4.92 Å². The van der Waals surface area contributed by atoms with Gasteiger partial charge >= 0.3 is 5.97 Å². The Morgan fingerprint density at radius 3 is 2.62 bits per heavy atom.